The molecular weight excluding hydrogens is 272 g/mol. The third-order valence-electron chi connectivity index (χ3n) is 3.64. The van der Waals surface area contributed by atoms with Crippen molar-refractivity contribution in [2.75, 3.05) is 33.3 Å². The molecule has 0 bridgehead atoms. The summed E-state index contributed by atoms with van der Waals surface area (Å²) >= 11 is 0. The molecule has 114 valence electrons. The van der Waals surface area contributed by atoms with Crippen LogP contribution in [0.25, 0.3) is 0 Å². The van der Waals surface area contributed by atoms with Gasteiger partial charge >= 0.3 is 5.97 Å². The zero-order valence-electron chi connectivity index (χ0n) is 12.3. The number of carboxylic acid groups (broad SMARTS) is 1. The van der Waals surface area contributed by atoms with E-state index in [9.17, 15) is 14.7 Å². The topological polar surface area (TPSA) is 70.1 Å². The Bertz CT molecular complexity index is 532. The Morgan fingerprint density at radius 2 is 2.05 bits per heavy atom. The lowest BCUT2D eigenvalue weighted by Gasteiger charge is -2.37. The third-order valence-corrected chi connectivity index (χ3v) is 3.64. The average Bonchev–Trinajstić information content (AvgIpc) is 2.47. The zero-order valence-corrected chi connectivity index (χ0v) is 12.3. The summed E-state index contributed by atoms with van der Waals surface area (Å²) in [4.78, 5) is 27.2. The van der Waals surface area contributed by atoms with Crippen LogP contribution in [0.15, 0.2) is 24.3 Å². The van der Waals surface area contributed by atoms with Gasteiger partial charge in [-0.25, -0.2) is 0 Å². The number of nitrogens with zero attached hydrogens (tertiary/aromatic N) is 2. The van der Waals surface area contributed by atoms with E-state index in [4.69, 9.17) is 4.74 Å². The molecule has 1 N–H and O–H groups in total. The predicted molar refractivity (Wildman–Crippen MR) is 77.6 cm³/mol. The maximum Gasteiger partial charge on any atom is 0.322 e. The summed E-state index contributed by atoms with van der Waals surface area (Å²) < 4.78 is 5.47. The number of hydrogen-bond acceptors (Lipinski definition) is 4. The molecule has 1 atom stereocenters. The number of carboxylic acids is 1. The van der Waals surface area contributed by atoms with E-state index in [0.29, 0.717) is 31.0 Å². The van der Waals surface area contributed by atoms with Crippen molar-refractivity contribution in [3.05, 3.63) is 29.8 Å². The molecule has 1 aliphatic heterocycles. The van der Waals surface area contributed by atoms with Crippen molar-refractivity contribution < 1.29 is 19.4 Å². The molecule has 0 spiro atoms. The molecule has 0 aromatic heterocycles. The van der Waals surface area contributed by atoms with E-state index in [2.05, 4.69) is 0 Å². The molecule has 0 unspecified atom stereocenters. The van der Waals surface area contributed by atoms with Gasteiger partial charge in [-0.2, -0.15) is 0 Å². The molecule has 1 saturated heterocycles. The normalized spacial score (nSPS) is 19.3. The van der Waals surface area contributed by atoms with Crippen molar-refractivity contribution in [2.24, 2.45) is 0 Å². The molecular formula is C15H20N2O4. The maximum absolute atomic E-state index is 12.6. The second-order valence-corrected chi connectivity index (χ2v) is 5.01. The first-order chi connectivity index (χ1) is 10.0. The fourth-order valence-electron chi connectivity index (χ4n) is 2.42. The number of ether oxygens (including phenoxy) is 1. The van der Waals surface area contributed by atoms with E-state index in [1.807, 2.05) is 13.0 Å². The third kappa shape index (κ3) is 3.33. The number of likely N-dealkylation sites (N-methyl/N-ethyl adjacent to an activating group) is 1. The number of para-hydroxylation sites is 1. The zero-order chi connectivity index (χ0) is 15.4. The van der Waals surface area contributed by atoms with Crippen molar-refractivity contribution in [2.45, 2.75) is 13.0 Å². The molecule has 0 saturated carbocycles. The molecule has 6 heteroatoms. The number of rotatable bonds is 4. The molecule has 0 radical (unpaired) electrons. The van der Waals surface area contributed by atoms with Crippen LogP contribution in [-0.4, -0.2) is 66.1 Å². The molecule has 2 rings (SSSR count). The van der Waals surface area contributed by atoms with Gasteiger partial charge in [-0.1, -0.05) is 12.1 Å². The Balaban J connectivity index is 2.18. The highest BCUT2D eigenvalue weighted by atomic mass is 16.5. The summed E-state index contributed by atoms with van der Waals surface area (Å²) in [6.45, 7) is 3.58. The van der Waals surface area contributed by atoms with Gasteiger partial charge in [-0.3, -0.25) is 14.5 Å². The van der Waals surface area contributed by atoms with Gasteiger partial charge in [0.15, 0.2) is 0 Å². The average molecular weight is 292 g/mol. The minimum absolute atomic E-state index is 0.182. The summed E-state index contributed by atoms with van der Waals surface area (Å²) in [5.41, 5.74) is 0.480. The molecule has 6 nitrogen and oxygen atoms in total. The predicted octanol–water partition coefficient (Wildman–Crippen LogP) is 0.926. The molecule has 1 heterocycles. The number of carbonyl (C=O) groups is 2. The van der Waals surface area contributed by atoms with Crippen LogP contribution in [0.3, 0.4) is 0 Å². The van der Waals surface area contributed by atoms with Crippen LogP contribution in [0, 0.1) is 0 Å². The van der Waals surface area contributed by atoms with Gasteiger partial charge in [0.25, 0.3) is 5.91 Å². The molecule has 1 aliphatic rings. The van der Waals surface area contributed by atoms with Gasteiger partial charge in [0.2, 0.25) is 0 Å². The minimum atomic E-state index is -0.909. The number of carbonyl (C=O) groups excluding carboxylic acids is 1. The number of amides is 1. The number of aliphatic carboxylic acids is 1. The van der Waals surface area contributed by atoms with Crippen LogP contribution >= 0.6 is 0 Å². The lowest BCUT2D eigenvalue weighted by atomic mass is 10.1. The number of hydrogen-bond donors (Lipinski definition) is 1. The van der Waals surface area contributed by atoms with Crippen LogP contribution in [0.5, 0.6) is 5.75 Å². The van der Waals surface area contributed by atoms with E-state index in [0.717, 1.165) is 0 Å². The van der Waals surface area contributed by atoms with Gasteiger partial charge in [-0.15, -0.1) is 0 Å². The highest BCUT2D eigenvalue weighted by Gasteiger charge is 2.33. The number of benzene rings is 1. The molecule has 1 amide bonds. The van der Waals surface area contributed by atoms with E-state index in [-0.39, 0.29) is 12.5 Å². The quantitative estimate of drug-likeness (QED) is 0.894. The van der Waals surface area contributed by atoms with Gasteiger partial charge in [-0.05, 0) is 26.1 Å². The minimum Gasteiger partial charge on any atom is -0.493 e. The van der Waals surface area contributed by atoms with Crippen LogP contribution in [0.1, 0.15) is 17.3 Å². The first kappa shape index (κ1) is 15.3. The fraction of sp³-hybridized carbons (Fsp3) is 0.467. The second kappa shape index (κ2) is 6.58. The molecule has 1 fully saturated rings. The van der Waals surface area contributed by atoms with E-state index in [1.54, 1.807) is 35.0 Å². The van der Waals surface area contributed by atoms with E-state index >= 15 is 0 Å². The summed E-state index contributed by atoms with van der Waals surface area (Å²) in [6.07, 6.45) is 0. The Morgan fingerprint density at radius 1 is 1.33 bits per heavy atom. The SMILES string of the molecule is CCOc1ccccc1C(=O)N1CCN(C)[C@@H](C(=O)O)C1. The van der Waals surface area contributed by atoms with Crippen LogP contribution < -0.4 is 4.74 Å². The van der Waals surface area contributed by atoms with E-state index in [1.165, 1.54) is 0 Å². The van der Waals surface area contributed by atoms with Gasteiger partial charge < -0.3 is 14.7 Å². The monoisotopic (exact) mass is 292 g/mol. The maximum atomic E-state index is 12.6. The van der Waals surface area contributed by atoms with Crippen molar-refractivity contribution >= 4 is 11.9 Å². The highest BCUT2D eigenvalue weighted by Crippen LogP contribution is 2.21. The number of piperazine rings is 1. The first-order valence-corrected chi connectivity index (χ1v) is 6.98. The van der Waals surface area contributed by atoms with Crippen LogP contribution in [0.2, 0.25) is 0 Å². The van der Waals surface area contributed by atoms with Crippen molar-refractivity contribution in [3.8, 4) is 5.75 Å². The Morgan fingerprint density at radius 3 is 2.71 bits per heavy atom. The van der Waals surface area contributed by atoms with Crippen molar-refractivity contribution in [1.82, 2.24) is 9.80 Å². The highest BCUT2D eigenvalue weighted by molar-refractivity contribution is 5.97. The lowest BCUT2D eigenvalue weighted by Crippen LogP contribution is -2.56. The fourth-order valence-corrected chi connectivity index (χ4v) is 2.42. The van der Waals surface area contributed by atoms with Crippen LogP contribution in [0.4, 0.5) is 0 Å². The molecule has 21 heavy (non-hydrogen) atoms. The smallest absolute Gasteiger partial charge is 0.322 e. The summed E-state index contributed by atoms with van der Waals surface area (Å²) in [6, 6.07) is 6.39. The van der Waals surface area contributed by atoms with Crippen molar-refractivity contribution in [1.29, 1.82) is 0 Å². The largest absolute Gasteiger partial charge is 0.493 e. The Kier molecular flexibility index (Phi) is 4.80. The summed E-state index contributed by atoms with van der Waals surface area (Å²) in [5, 5.41) is 9.21. The van der Waals surface area contributed by atoms with Gasteiger partial charge in [0.1, 0.15) is 11.8 Å². The second-order valence-electron chi connectivity index (χ2n) is 5.01. The van der Waals surface area contributed by atoms with Crippen LogP contribution in [-0.2, 0) is 4.79 Å². The first-order valence-electron chi connectivity index (χ1n) is 6.98. The molecule has 0 aliphatic carbocycles. The van der Waals surface area contributed by atoms with Crippen molar-refractivity contribution in [3.63, 3.8) is 0 Å². The molecule has 1 aromatic carbocycles. The lowest BCUT2D eigenvalue weighted by molar-refractivity contribution is -0.144. The van der Waals surface area contributed by atoms with Gasteiger partial charge in [0, 0.05) is 19.6 Å². The van der Waals surface area contributed by atoms with Gasteiger partial charge in [0.05, 0.1) is 12.2 Å². The molecule has 1 aromatic rings. The Hall–Kier alpha value is -2.08. The van der Waals surface area contributed by atoms with E-state index < -0.39 is 12.0 Å². The Labute approximate surface area is 123 Å². The standard InChI is InChI=1S/C15H20N2O4/c1-3-21-13-7-5-4-6-11(13)14(18)17-9-8-16(2)12(10-17)15(19)20/h4-7,12H,3,8-10H2,1-2H3,(H,19,20)/t12-/m1/s1. The summed E-state index contributed by atoms with van der Waals surface area (Å²) in [7, 11) is 1.76. The summed E-state index contributed by atoms with van der Waals surface area (Å²) in [5.74, 6) is -0.553.